The van der Waals surface area contributed by atoms with Gasteiger partial charge in [-0.3, -0.25) is 19.8 Å². The van der Waals surface area contributed by atoms with Crippen LogP contribution in [-0.2, 0) is 16.6 Å². The van der Waals surface area contributed by atoms with Gasteiger partial charge in [0, 0.05) is 35.0 Å². The van der Waals surface area contributed by atoms with Gasteiger partial charge in [0.1, 0.15) is 5.57 Å². The Kier molecular flexibility index (Phi) is 5.80. The minimum atomic E-state index is -0.491. The van der Waals surface area contributed by atoms with Crippen LogP contribution in [0.2, 0.25) is 0 Å². The van der Waals surface area contributed by atoms with E-state index >= 15 is 0 Å². The Hall–Kier alpha value is -3.16. The first-order chi connectivity index (χ1) is 14.9. The number of carbonyl (C=O) groups excluding carboxylic acids is 2. The molecule has 156 valence electrons. The number of para-hydroxylation sites is 1. The number of aryl methyl sites for hydroxylation is 2. The van der Waals surface area contributed by atoms with E-state index in [9.17, 15) is 9.59 Å². The molecule has 7 heteroatoms. The van der Waals surface area contributed by atoms with Crippen molar-refractivity contribution in [2.45, 2.75) is 16.8 Å². The molecule has 4 rings (SSSR count). The van der Waals surface area contributed by atoms with Crippen LogP contribution in [0.15, 0.2) is 76.7 Å². The molecule has 0 radical (unpaired) electrons. The van der Waals surface area contributed by atoms with Gasteiger partial charge in [0.2, 0.25) is 0 Å². The van der Waals surface area contributed by atoms with Crippen molar-refractivity contribution >= 4 is 57.9 Å². The SMILES string of the molecule is C=CCN1C(=O)C(=Cc2c(Sc3ccc(C)cc3)n(C)c3ccccc23)C(=O)NC1=S. The van der Waals surface area contributed by atoms with Crippen LogP contribution in [0.3, 0.4) is 0 Å². The number of thiocarbonyl (C=S) groups is 1. The summed E-state index contributed by atoms with van der Waals surface area (Å²) < 4.78 is 2.09. The fourth-order valence-electron chi connectivity index (χ4n) is 3.51. The summed E-state index contributed by atoms with van der Waals surface area (Å²) in [5.41, 5.74) is 3.09. The molecule has 31 heavy (non-hydrogen) atoms. The molecule has 2 heterocycles. The van der Waals surface area contributed by atoms with E-state index in [1.54, 1.807) is 23.9 Å². The van der Waals surface area contributed by atoms with Crippen molar-refractivity contribution in [2.24, 2.45) is 7.05 Å². The lowest BCUT2D eigenvalue weighted by molar-refractivity contribution is -0.128. The third kappa shape index (κ3) is 3.94. The summed E-state index contributed by atoms with van der Waals surface area (Å²) in [5, 5.41) is 4.62. The third-order valence-electron chi connectivity index (χ3n) is 5.11. The summed E-state index contributed by atoms with van der Waals surface area (Å²) in [6.45, 7) is 5.95. The zero-order chi connectivity index (χ0) is 22.1. The van der Waals surface area contributed by atoms with Gasteiger partial charge in [0.15, 0.2) is 5.11 Å². The molecule has 1 aromatic heterocycles. The number of amides is 2. The minimum absolute atomic E-state index is 0.0533. The van der Waals surface area contributed by atoms with Crippen LogP contribution in [0, 0.1) is 6.92 Å². The van der Waals surface area contributed by atoms with Crippen molar-refractivity contribution in [3.05, 3.63) is 77.9 Å². The van der Waals surface area contributed by atoms with Crippen LogP contribution in [0.4, 0.5) is 0 Å². The molecule has 1 aliphatic rings. The third-order valence-corrected chi connectivity index (χ3v) is 6.63. The minimum Gasteiger partial charge on any atom is -0.338 e. The lowest BCUT2D eigenvalue weighted by Gasteiger charge is -2.27. The van der Waals surface area contributed by atoms with Crippen LogP contribution in [-0.4, -0.2) is 32.9 Å². The second-order valence-electron chi connectivity index (χ2n) is 7.23. The Morgan fingerprint density at radius 1 is 1.13 bits per heavy atom. The van der Waals surface area contributed by atoms with E-state index in [0.717, 1.165) is 26.4 Å². The zero-order valence-electron chi connectivity index (χ0n) is 17.2. The summed E-state index contributed by atoms with van der Waals surface area (Å²) in [6, 6.07) is 16.2. The van der Waals surface area contributed by atoms with E-state index in [2.05, 4.69) is 40.7 Å². The van der Waals surface area contributed by atoms with E-state index < -0.39 is 11.8 Å². The maximum atomic E-state index is 13.0. The van der Waals surface area contributed by atoms with Gasteiger partial charge < -0.3 is 4.57 Å². The molecule has 0 atom stereocenters. The molecule has 0 saturated carbocycles. The molecule has 1 aliphatic heterocycles. The molecule has 0 bridgehead atoms. The lowest BCUT2D eigenvalue weighted by Crippen LogP contribution is -2.53. The van der Waals surface area contributed by atoms with Gasteiger partial charge in [-0.2, -0.15) is 0 Å². The van der Waals surface area contributed by atoms with Gasteiger partial charge in [-0.05, 0) is 43.4 Å². The average Bonchev–Trinajstić information content (AvgIpc) is 3.01. The quantitative estimate of drug-likeness (QED) is 0.272. The van der Waals surface area contributed by atoms with E-state index in [4.69, 9.17) is 12.2 Å². The molecule has 5 nitrogen and oxygen atoms in total. The highest BCUT2D eigenvalue weighted by atomic mass is 32.2. The number of nitrogens with one attached hydrogen (secondary N) is 1. The van der Waals surface area contributed by atoms with Crippen LogP contribution < -0.4 is 5.32 Å². The number of benzene rings is 2. The number of aromatic nitrogens is 1. The van der Waals surface area contributed by atoms with Crippen LogP contribution in [0.1, 0.15) is 11.1 Å². The van der Waals surface area contributed by atoms with Crippen molar-refractivity contribution in [1.29, 1.82) is 0 Å². The highest BCUT2D eigenvalue weighted by molar-refractivity contribution is 7.99. The van der Waals surface area contributed by atoms with E-state index in [1.807, 2.05) is 38.2 Å². The molecule has 2 aromatic carbocycles. The number of hydrogen-bond donors (Lipinski definition) is 1. The first kappa shape index (κ1) is 21.1. The fourth-order valence-corrected chi connectivity index (χ4v) is 4.77. The van der Waals surface area contributed by atoms with Crippen LogP contribution in [0.25, 0.3) is 17.0 Å². The second-order valence-corrected chi connectivity index (χ2v) is 8.68. The number of carbonyl (C=O) groups is 2. The van der Waals surface area contributed by atoms with Crippen molar-refractivity contribution in [2.75, 3.05) is 6.54 Å². The average molecular weight is 448 g/mol. The van der Waals surface area contributed by atoms with E-state index in [1.165, 1.54) is 10.5 Å². The van der Waals surface area contributed by atoms with Gasteiger partial charge in [0.25, 0.3) is 11.8 Å². The molecule has 2 amide bonds. The first-order valence-electron chi connectivity index (χ1n) is 9.72. The zero-order valence-corrected chi connectivity index (χ0v) is 18.8. The van der Waals surface area contributed by atoms with Crippen LogP contribution in [0.5, 0.6) is 0 Å². The molecule has 1 saturated heterocycles. The Morgan fingerprint density at radius 2 is 1.84 bits per heavy atom. The highest BCUT2D eigenvalue weighted by Crippen LogP contribution is 2.38. The summed E-state index contributed by atoms with van der Waals surface area (Å²) in [6.07, 6.45) is 3.25. The van der Waals surface area contributed by atoms with Gasteiger partial charge in [0.05, 0.1) is 5.03 Å². The predicted octanol–water partition coefficient (Wildman–Crippen LogP) is 4.45. The van der Waals surface area contributed by atoms with Gasteiger partial charge in [-0.1, -0.05) is 53.7 Å². The Morgan fingerprint density at radius 3 is 2.55 bits per heavy atom. The van der Waals surface area contributed by atoms with Gasteiger partial charge in [-0.15, -0.1) is 6.58 Å². The molecule has 0 unspecified atom stereocenters. The number of hydrogen-bond acceptors (Lipinski definition) is 4. The molecule has 1 N–H and O–H groups in total. The molecule has 3 aromatic rings. The maximum absolute atomic E-state index is 13.0. The topological polar surface area (TPSA) is 54.3 Å². The molecule has 0 aliphatic carbocycles. The Bertz CT molecular complexity index is 1260. The van der Waals surface area contributed by atoms with E-state index in [0.29, 0.717) is 0 Å². The van der Waals surface area contributed by atoms with Crippen LogP contribution >= 0.6 is 24.0 Å². The fraction of sp³-hybridized carbons (Fsp3) is 0.125. The van der Waals surface area contributed by atoms with E-state index in [-0.39, 0.29) is 17.2 Å². The van der Waals surface area contributed by atoms with Crippen molar-refractivity contribution in [3.8, 4) is 0 Å². The smallest absolute Gasteiger partial charge is 0.265 e. The summed E-state index contributed by atoms with van der Waals surface area (Å²) in [7, 11) is 1.99. The monoisotopic (exact) mass is 447 g/mol. The standard InChI is InChI=1S/C24H21N3O2S2/c1-4-13-27-22(29)19(21(28)25-24(27)30)14-18-17-7-5-6-8-20(17)26(3)23(18)31-16-11-9-15(2)10-12-16/h4-12,14H,1,13H2,2-3H3,(H,25,28,30). The maximum Gasteiger partial charge on any atom is 0.265 e. The molecular weight excluding hydrogens is 426 g/mol. The summed E-state index contributed by atoms with van der Waals surface area (Å²) in [5.74, 6) is -0.914. The second kappa shape index (κ2) is 8.53. The molecule has 1 fully saturated rings. The van der Waals surface area contributed by atoms with Gasteiger partial charge >= 0.3 is 0 Å². The number of nitrogens with zero attached hydrogens (tertiary/aromatic N) is 2. The largest absolute Gasteiger partial charge is 0.338 e. The molecular formula is C24H21N3O2S2. The predicted molar refractivity (Wildman–Crippen MR) is 129 cm³/mol. The summed E-state index contributed by atoms with van der Waals surface area (Å²) in [4.78, 5) is 28.1. The van der Waals surface area contributed by atoms with Crippen molar-refractivity contribution < 1.29 is 9.59 Å². The first-order valence-corrected chi connectivity index (χ1v) is 10.9. The Balaban J connectivity index is 1.87. The molecule has 0 spiro atoms. The number of fused-ring (bicyclic) bond motifs is 1. The highest BCUT2D eigenvalue weighted by Gasteiger charge is 2.33. The lowest BCUT2D eigenvalue weighted by atomic mass is 10.1. The van der Waals surface area contributed by atoms with Crippen molar-refractivity contribution in [3.63, 3.8) is 0 Å². The van der Waals surface area contributed by atoms with Gasteiger partial charge in [-0.25, -0.2) is 0 Å². The number of rotatable bonds is 5. The van der Waals surface area contributed by atoms with Crippen molar-refractivity contribution in [1.82, 2.24) is 14.8 Å². The summed E-state index contributed by atoms with van der Waals surface area (Å²) >= 11 is 6.76. The Labute approximate surface area is 190 Å². The normalized spacial score (nSPS) is 15.6.